The highest BCUT2D eigenvalue weighted by Gasteiger charge is 2.05. The fourth-order valence-corrected chi connectivity index (χ4v) is 2.02. The molecule has 0 amide bonds. The Morgan fingerprint density at radius 3 is 2.50 bits per heavy atom. The van der Waals surface area contributed by atoms with Crippen LogP contribution < -0.4 is 5.73 Å². The number of nitrogens with two attached hydrogens (primary N) is 1. The molecule has 1 aromatic heterocycles. The van der Waals surface area contributed by atoms with Crippen LogP contribution in [0.25, 0.3) is 11.4 Å². The van der Waals surface area contributed by atoms with E-state index >= 15 is 0 Å². The van der Waals surface area contributed by atoms with Gasteiger partial charge in [0.1, 0.15) is 0 Å². The zero-order valence-corrected chi connectivity index (χ0v) is 11.0. The van der Waals surface area contributed by atoms with Crippen LogP contribution in [0, 0.1) is 0 Å². The second-order valence-electron chi connectivity index (χ2n) is 4.52. The van der Waals surface area contributed by atoms with E-state index in [0.717, 1.165) is 23.2 Å². The average molecular weight is 265 g/mol. The molecule has 0 bridgehead atoms. The average Bonchev–Trinajstić information content (AvgIpc) is 2.96. The molecule has 0 saturated carbocycles. The molecule has 0 radical (unpaired) electrons. The monoisotopic (exact) mass is 265 g/mol. The Hall–Kier alpha value is -2.69. The first-order valence-corrected chi connectivity index (χ1v) is 6.49. The van der Waals surface area contributed by atoms with Crippen LogP contribution in [0.3, 0.4) is 0 Å². The zero-order valence-electron chi connectivity index (χ0n) is 11.0. The highest BCUT2D eigenvalue weighted by Crippen LogP contribution is 2.13. The molecule has 0 unspecified atom stereocenters. The number of hydrogen-bond donors (Lipinski definition) is 1. The minimum Gasteiger partial charge on any atom is -0.399 e. The lowest BCUT2D eigenvalue weighted by Gasteiger charge is -2.03. The Balaban J connectivity index is 1.71. The third kappa shape index (κ3) is 2.66. The smallest absolute Gasteiger partial charge is 0.204 e. The van der Waals surface area contributed by atoms with E-state index in [9.17, 15) is 0 Å². The largest absolute Gasteiger partial charge is 0.399 e. The fraction of sp³-hybridized carbons (Fsp3) is 0.133. The summed E-state index contributed by atoms with van der Waals surface area (Å²) in [7, 11) is 0. The van der Waals surface area contributed by atoms with Crippen LogP contribution in [0.4, 0.5) is 5.69 Å². The highest BCUT2D eigenvalue weighted by molar-refractivity contribution is 5.53. The van der Waals surface area contributed by atoms with Gasteiger partial charge in [-0.3, -0.25) is 0 Å². The van der Waals surface area contributed by atoms with E-state index in [2.05, 4.69) is 15.4 Å². The summed E-state index contributed by atoms with van der Waals surface area (Å²) in [5, 5.41) is 12.5. The van der Waals surface area contributed by atoms with Crippen molar-refractivity contribution in [3.05, 3.63) is 60.2 Å². The van der Waals surface area contributed by atoms with Gasteiger partial charge in [0.05, 0.1) is 6.54 Å². The van der Waals surface area contributed by atoms with Crippen LogP contribution in [0.15, 0.2) is 54.6 Å². The molecule has 5 nitrogen and oxygen atoms in total. The van der Waals surface area contributed by atoms with Crippen molar-refractivity contribution in [3.63, 3.8) is 0 Å². The van der Waals surface area contributed by atoms with E-state index in [1.807, 2.05) is 54.6 Å². The van der Waals surface area contributed by atoms with Crippen molar-refractivity contribution in [2.24, 2.45) is 0 Å². The van der Waals surface area contributed by atoms with Gasteiger partial charge in [-0.05, 0) is 23.3 Å². The number of aromatic nitrogens is 4. The zero-order chi connectivity index (χ0) is 13.8. The van der Waals surface area contributed by atoms with Crippen molar-refractivity contribution in [2.45, 2.75) is 13.0 Å². The molecule has 20 heavy (non-hydrogen) atoms. The quantitative estimate of drug-likeness (QED) is 0.734. The standard InChI is InChI=1S/C15H15N5/c16-14-9-5-4-6-12(14)10-11-20-18-15(17-19-20)13-7-2-1-3-8-13/h1-9H,10-11,16H2. The third-order valence-electron chi connectivity index (χ3n) is 3.12. The van der Waals surface area contributed by atoms with Crippen molar-refractivity contribution < 1.29 is 0 Å². The second-order valence-corrected chi connectivity index (χ2v) is 4.52. The van der Waals surface area contributed by atoms with Crippen molar-refractivity contribution in [2.75, 3.05) is 5.73 Å². The molecule has 0 aliphatic rings. The van der Waals surface area contributed by atoms with Crippen molar-refractivity contribution in [1.29, 1.82) is 0 Å². The van der Waals surface area contributed by atoms with Gasteiger partial charge < -0.3 is 5.73 Å². The minimum atomic E-state index is 0.645. The number of tetrazole rings is 1. The number of para-hydroxylation sites is 1. The molecule has 0 saturated heterocycles. The summed E-state index contributed by atoms with van der Waals surface area (Å²) in [6.45, 7) is 0.661. The molecule has 1 heterocycles. The van der Waals surface area contributed by atoms with Crippen LogP contribution in [0.1, 0.15) is 5.56 Å². The maximum absolute atomic E-state index is 5.92. The lowest BCUT2D eigenvalue weighted by atomic mass is 10.1. The maximum atomic E-state index is 5.92. The summed E-state index contributed by atoms with van der Waals surface area (Å²) in [6.07, 6.45) is 0.789. The van der Waals surface area contributed by atoms with E-state index in [4.69, 9.17) is 5.73 Å². The Morgan fingerprint density at radius 1 is 0.950 bits per heavy atom. The highest BCUT2D eigenvalue weighted by atomic mass is 15.6. The van der Waals surface area contributed by atoms with E-state index in [1.165, 1.54) is 0 Å². The predicted octanol–water partition coefficient (Wildman–Crippen LogP) is 2.17. The molecular weight excluding hydrogens is 250 g/mol. The van der Waals surface area contributed by atoms with Gasteiger partial charge in [0.2, 0.25) is 5.82 Å². The molecule has 3 rings (SSSR count). The minimum absolute atomic E-state index is 0.645. The second kappa shape index (κ2) is 5.52. The first-order chi connectivity index (χ1) is 9.83. The number of benzene rings is 2. The number of aryl methyl sites for hydroxylation is 2. The summed E-state index contributed by atoms with van der Waals surface area (Å²) >= 11 is 0. The number of anilines is 1. The molecule has 0 aliphatic carbocycles. The summed E-state index contributed by atoms with van der Waals surface area (Å²) < 4.78 is 0. The Morgan fingerprint density at radius 2 is 1.70 bits per heavy atom. The predicted molar refractivity (Wildman–Crippen MR) is 77.8 cm³/mol. The Kier molecular flexibility index (Phi) is 3.41. The van der Waals surface area contributed by atoms with E-state index in [0.29, 0.717) is 12.4 Å². The van der Waals surface area contributed by atoms with Gasteiger partial charge in [0, 0.05) is 11.3 Å². The first kappa shape index (κ1) is 12.3. The van der Waals surface area contributed by atoms with Gasteiger partial charge in [-0.15, -0.1) is 10.2 Å². The van der Waals surface area contributed by atoms with Crippen LogP contribution in [0.5, 0.6) is 0 Å². The van der Waals surface area contributed by atoms with Gasteiger partial charge in [-0.1, -0.05) is 48.5 Å². The summed E-state index contributed by atoms with van der Waals surface area (Å²) in [6, 6.07) is 17.7. The topological polar surface area (TPSA) is 69.6 Å². The van der Waals surface area contributed by atoms with Crippen LogP contribution in [-0.4, -0.2) is 20.2 Å². The maximum Gasteiger partial charge on any atom is 0.204 e. The van der Waals surface area contributed by atoms with Crippen LogP contribution in [0.2, 0.25) is 0 Å². The lowest BCUT2D eigenvalue weighted by Crippen LogP contribution is -2.06. The SMILES string of the molecule is Nc1ccccc1CCn1nnc(-c2ccccc2)n1. The molecule has 0 atom stereocenters. The molecule has 0 spiro atoms. The van der Waals surface area contributed by atoms with Gasteiger partial charge in [0.15, 0.2) is 0 Å². The summed E-state index contributed by atoms with van der Waals surface area (Å²) in [5.74, 6) is 0.645. The lowest BCUT2D eigenvalue weighted by molar-refractivity contribution is 0.523. The first-order valence-electron chi connectivity index (χ1n) is 6.49. The number of nitrogens with zero attached hydrogens (tertiary/aromatic N) is 4. The summed E-state index contributed by atoms with van der Waals surface area (Å²) in [4.78, 5) is 1.61. The number of hydrogen-bond acceptors (Lipinski definition) is 4. The number of nitrogen functional groups attached to an aromatic ring is 1. The normalized spacial score (nSPS) is 10.6. The van der Waals surface area contributed by atoms with Gasteiger partial charge in [-0.25, -0.2) is 0 Å². The van der Waals surface area contributed by atoms with Gasteiger partial charge in [0.25, 0.3) is 0 Å². The Labute approximate surface area is 117 Å². The van der Waals surface area contributed by atoms with Crippen molar-refractivity contribution in [3.8, 4) is 11.4 Å². The van der Waals surface area contributed by atoms with Crippen LogP contribution in [-0.2, 0) is 13.0 Å². The van der Waals surface area contributed by atoms with E-state index in [1.54, 1.807) is 4.80 Å². The molecule has 0 fully saturated rings. The molecule has 100 valence electrons. The molecule has 0 aliphatic heterocycles. The third-order valence-corrected chi connectivity index (χ3v) is 3.12. The molecule has 3 aromatic rings. The molecule has 2 aromatic carbocycles. The van der Waals surface area contributed by atoms with E-state index in [-0.39, 0.29) is 0 Å². The van der Waals surface area contributed by atoms with Crippen LogP contribution >= 0.6 is 0 Å². The fourth-order valence-electron chi connectivity index (χ4n) is 2.02. The summed E-state index contributed by atoms with van der Waals surface area (Å²) in [5.41, 5.74) is 8.79. The molecular formula is C15H15N5. The van der Waals surface area contributed by atoms with Crippen molar-refractivity contribution in [1.82, 2.24) is 20.2 Å². The van der Waals surface area contributed by atoms with Crippen molar-refractivity contribution >= 4 is 5.69 Å². The molecule has 2 N–H and O–H groups in total. The van der Waals surface area contributed by atoms with Gasteiger partial charge >= 0.3 is 0 Å². The van der Waals surface area contributed by atoms with E-state index < -0.39 is 0 Å². The Bertz CT molecular complexity index is 690. The number of rotatable bonds is 4. The van der Waals surface area contributed by atoms with Gasteiger partial charge in [-0.2, -0.15) is 4.80 Å². The molecule has 5 heteroatoms.